The van der Waals surface area contributed by atoms with Crippen LogP contribution in [-0.2, 0) is 0 Å². The van der Waals surface area contributed by atoms with Gasteiger partial charge in [-0.05, 0) is 12.0 Å². The zero-order chi connectivity index (χ0) is 12.3. The molecule has 1 heterocycles. The molecule has 1 fully saturated rings. The van der Waals surface area contributed by atoms with E-state index in [0.29, 0.717) is 26.1 Å². The molecule has 17 heavy (non-hydrogen) atoms. The van der Waals surface area contributed by atoms with Gasteiger partial charge in [0.25, 0.3) is 0 Å². The molecule has 0 aromatic heterocycles. The van der Waals surface area contributed by atoms with E-state index in [1.165, 1.54) is 0 Å². The minimum Gasteiger partial charge on any atom is -0.389 e. The second-order valence-corrected chi connectivity index (χ2v) is 4.61. The van der Waals surface area contributed by atoms with Crippen LogP contribution in [0.5, 0.6) is 0 Å². The zero-order valence-corrected chi connectivity index (χ0v) is 9.74. The van der Waals surface area contributed by atoms with Gasteiger partial charge in [-0.3, -0.25) is 4.90 Å². The number of β-amino-alcohol motifs (C(OH)–C–C–N with tert-alkyl or cyclic N) is 2. The number of hydrogen-bond donors (Lipinski definition) is 3. The molecule has 3 unspecified atom stereocenters. The summed E-state index contributed by atoms with van der Waals surface area (Å²) in [7, 11) is 0. The van der Waals surface area contributed by atoms with E-state index in [1.807, 2.05) is 35.2 Å². The molecule has 3 atom stereocenters. The van der Waals surface area contributed by atoms with Crippen LogP contribution in [0.15, 0.2) is 30.3 Å². The normalized spacial score (nSPS) is 27.2. The van der Waals surface area contributed by atoms with Gasteiger partial charge in [0, 0.05) is 19.6 Å². The Bertz CT molecular complexity index is 334. The van der Waals surface area contributed by atoms with Gasteiger partial charge in [0.15, 0.2) is 0 Å². The summed E-state index contributed by atoms with van der Waals surface area (Å²) >= 11 is 0. The number of aliphatic hydroxyl groups is 3. The standard InChI is InChI=1S/C13H19NO3/c15-11(10-4-2-1-3-5-10)6-7-14-8-12(16)13(17)9-14/h1-5,11-13,15-17H,6-9H2. The molecule has 4 heteroatoms. The summed E-state index contributed by atoms with van der Waals surface area (Å²) < 4.78 is 0. The molecule has 4 nitrogen and oxygen atoms in total. The highest BCUT2D eigenvalue weighted by Crippen LogP contribution is 2.18. The molecule has 1 aliphatic rings. The van der Waals surface area contributed by atoms with Crippen LogP contribution < -0.4 is 0 Å². The number of rotatable bonds is 4. The number of benzene rings is 1. The Kier molecular flexibility index (Phi) is 4.12. The molecular formula is C13H19NO3. The van der Waals surface area contributed by atoms with Crippen LogP contribution in [0.2, 0.25) is 0 Å². The Hall–Kier alpha value is -0.940. The first-order chi connectivity index (χ1) is 8.16. The van der Waals surface area contributed by atoms with Gasteiger partial charge in [0.05, 0.1) is 18.3 Å². The molecule has 0 aliphatic carbocycles. The van der Waals surface area contributed by atoms with Gasteiger partial charge >= 0.3 is 0 Å². The lowest BCUT2D eigenvalue weighted by atomic mass is 10.1. The maximum atomic E-state index is 9.96. The summed E-state index contributed by atoms with van der Waals surface area (Å²) in [6.45, 7) is 1.66. The molecule has 1 saturated heterocycles. The van der Waals surface area contributed by atoms with Crippen LogP contribution >= 0.6 is 0 Å². The average molecular weight is 237 g/mol. The zero-order valence-electron chi connectivity index (χ0n) is 9.74. The molecule has 1 aliphatic heterocycles. The molecule has 0 saturated carbocycles. The minimum atomic E-state index is -0.649. The quantitative estimate of drug-likeness (QED) is 0.697. The summed E-state index contributed by atoms with van der Waals surface area (Å²) in [5.41, 5.74) is 0.910. The van der Waals surface area contributed by atoms with Crippen LogP contribution in [0, 0.1) is 0 Å². The third-order valence-electron chi connectivity index (χ3n) is 3.24. The lowest BCUT2D eigenvalue weighted by Gasteiger charge is -2.17. The van der Waals surface area contributed by atoms with Gasteiger partial charge in [-0.25, -0.2) is 0 Å². The fourth-order valence-electron chi connectivity index (χ4n) is 2.18. The SMILES string of the molecule is OC(CCN1CC(O)C(O)C1)c1ccccc1. The summed E-state index contributed by atoms with van der Waals surface area (Å²) in [6, 6.07) is 9.53. The smallest absolute Gasteiger partial charge is 0.0938 e. The van der Waals surface area contributed by atoms with E-state index in [-0.39, 0.29) is 0 Å². The fraction of sp³-hybridized carbons (Fsp3) is 0.538. The van der Waals surface area contributed by atoms with Crippen molar-refractivity contribution in [1.29, 1.82) is 0 Å². The summed E-state index contributed by atoms with van der Waals surface area (Å²) in [4.78, 5) is 1.97. The van der Waals surface area contributed by atoms with Crippen molar-refractivity contribution < 1.29 is 15.3 Å². The third kappa shape index (κ3) is 3.26. The number of aliphatic hydroxyl groups excluding tert-OH is 3. The monoisotopic (exact) mass is 237 g/mol. The average Bonchev–Trinajstić information content (AvgIpc) is 2.67. The molecule has 0 spiro atoms. The van der Waals surface area contributed by atoms with Crippen molar-refractivity contribution in [2.45, 2.75) is 24.7 Å². The van der Waals surface area contributed by atoms with Crippen molar-refractivity contribution in [3.8, 4) is 0 Å². The van der Waals surface area contributed by atoms with Crippen LogP contribution in [0.1, 0.15) is 18.1 Å². The van der Waals surface area contributed by atoms with Gasteiger partial charge in [0.2, 0.25) is 0 Å². The van der Waals surface area contributed by atoms with E-state index in [9.17, 15) is 15.3 Å². The van der Waals surface area contributed by atoms with Gasteiger partial charge in [0.1, 0.15) is 0 Å². The van der Waals surface area contributed by atoms with E-state index >= 15 is 0 Å². The first-order valence-electron chi connectivity index (χ1n) is 5.98. The summed E-state index contributed by atoms with van der Waals surface area (Å²) in [5, 5.41) is 28.8. The second-order valence-electron chi connectivity index (χ2n) is 4.61. The molecule has 1 aromatic carbocycles. The molecule has 0 bridgehead atoms. The highest BCUT2D eigenvalue weighted by Gasteiger charge is 2.29. The molecule has 1 aromatic rings. The topological polar surface area (TPSA) is 63.9 Å². The first kappa shape index (κ1) is 12.5. The maximum Gasteiger partial charge on any atom is 0.0938 e. The largest absolute Gasteiger partial charge is 0.389 e. The Labute approximate surface area is 101 Å². The summed E-state index contributed by atoms with van der Waals surface area (Å²) in [6.07, 6.45) is -1.16. The molecule has 94 valence electrons. The molecule has 0 amide bonds. The van der Waals surface area contributed by atoms with E-state index < -0.39 is 18.3 Å². The maximum absolute atomic E-state index is 9.96. The van der Waals surface area contributed by atoms with E-state index in [1.54, 1.807) is 0 Å². The van der Waals surface area contributed by atoms with Crippen molar-refractivity contribution >= 4 is 0 Å². The van der Waals surface area contributed by atoms with Crippen molar-refractivity contribution in [2.75, 3.05) is 19.6 Å². The number of nitrogens with zero attached hydrogens (tertiary/aromatic N) is 1. The molecule has 3 N–H and O–H groups in total. The van der Waals surface area contributed by atoms with E-state index in [4.69, 9.17) is 0 Å². The predicted octanol–water partition coefficient (Wildman–Crippen LogP) is 0.147. The van der Waals surface area contributed by atoms with Gasteiger partial charge in [-0.15, -0.1) is 0 Å². The van der Waals surface area contributed by atoms with Crippen molar-refractivity contribution in [1.82, 2.24) is 4.90 Å². The second kappa shape index (κ2) is 5.60. The first-order valence-corrected chi connectivity index (χ1v) is 5.98. The van der Waals surface area contributed by atoms with Crippen molar-refractivity contribution in [3.63, 3.8) is 0 Å². The lowest BCUT2D eigenvalue weighted by molar-refractivity contribution is 0.0572. The Morgan fingerprint density at radius 3 is 2.29 bits per heavy atom. The van der Waals surface area contributed by atoms with Gasteiger partial charge in [-0.2, -0.15) is 0 Å². The van der Waals surface area contributed by atoms with E-state index in [0.717, 1.165) is 5.56 Å². The highest BCUT2D eigenvalue weighted by molar-refractivity contribution is 5.17. The van der Waals surface area contributed by atoms with Crippen molar-refractivity contribution in [2.24, 2.45) is 0 Å². The number of likely N-dealkylation sites (tertiary alicyclic amines) is 1. The lowest BCUT2D eigenvalue weighted by Crippen LogP contribution is -2.24. The Balaban J connectivity index is 1.79. The van der Waals surface area contributed by atoms with Crippen LogP contribution in [0.4, 0.5) is 0 Å². The van der Waals surface area contributed by atoms with Crippen LogP contribution in [0.25, 0.3) is 0 Å². The highest BCUT2D eigenvalue weighted by atomic mass is 16.3. The predicted molar refractivity (Wildman–Crippen MR) is 64.5 cm³/mol. The van der Waals surface area contributed by atoms with Crippen LogP contribution in [0.3, 0.4) is 0 Å². The Morgan fingerprint density at radius 1 is 1.12 bits per heavy atom. The number of hydrogen-bond acceptors (Lipinski definition) is 4. The fourth-order valence-corrected chi connectivity index (χ4v) is 2.18. The van der Waals surface area contributed by atoms with Gasteiger partial charge in [-0.1, -0.05) is 30.3 Å². The van der Waals surface area contributed by atoms with E-state index in [2.05, 4.69) is 0 Å². The third-order valence-corrected chi connectivity index (χ3v) is 3.24. The van der Waals surface area contributed by atoms with Crippen molar-refractivity contribution in [3.05, 3.63) is 35.9 Å². The summed E-state index contributed by atoms with van der Waals surface area (Å²) in [5.74, 6) is 0. The molecular weight excluding hydrogens is 218 g/mol. The Morgan fingerprint density at radius 2 is 1.71 bits per heavy atom. The minimum absolute atomic E-state index is 0.480. The van der Waals surface area contributed by atoms with Gasteiger partial charge < -0.3 is 15.3 Å². The van der Waals surface area contributed by atoms with Crippen LogP contribution in [-0.4, -0.2) is 52.1 Å². The molecule has 2 rings (SSSR count). The molecule has 0 radical (unpaired) electrons.